The molecule has 2 saturated heterocycles. The highest BCUT2D eigenvalue weighted by Gasteiger charge is 2.50. The largest absolute Gasteiger partial charge is 0.417 e. The number of benzene rings is 2. The van der Waals surface area contributed by atoms with E-state index in [0.717, 1.165) is 37.7 Å². The van der Waals surface area contributed by atoms with Crippen molar-refractivity contribution >= 4 is 22.7 Å². The molecule has 0 atom stereocenters. The number of carbonyl (C=O) groups is 1. The molecule has 1 saturated carbocycles. The molecular formula is C23H23FN2O4. The highest BCUT2D eigenvalue weighted by Crippen LogP contribution is 2.51. The zero-order valence-corrected chi connectivity index (χ0v) is 16.5. The summed E-state index contributed by atoms with van der Waals surface area (Å²) >= 11 is 0. The molecule has 3 fully saturated rings. The minimum absolute atomic E-state index is 0.0763. The van der Waals surface area contributed by atoms with Crippen LogP contribution in [0.25, 0.3) is 11.1 Å². The summed E-state index contributed by atoms with van der Waals surface area (Å²) in [6, 6.07) is 11.8. The molecule has 1 aliphatic carbocycles. The van der Waals surface area contributed by atoms with Crippen molar-refractivity contribution in [3.63, 3.8) is 0 Å². The fraction of sp³-hybridized carbons (Fsp3) is 0.391. The number of amides is 1. The Hall–Kier alpha value is -2.93. The molecular weight excluding hydrogens is 387 g/mol. The van der Waals surface area contributed by atoms with Crippen molar-refractivity contribution < 1.29 is 18.3 Å². The van der Waals surface area contributed by atoms with Gasteiger partial charge in [-0.25, -0.2) is 9.18 Å². The van der Waals surface area contributed by atoms with Gasteiger partial charge in [-0.05, 0) is 67.3 Å². The molecule has 1 amide bonds. The predicted molar refractivity (Wildman–Crippen MR) is 110 cm³/mol. The summed E-state index contributed by atoms with van der Waals surface area (Å²) in [5, 5.41) is 2.89. The number of aromatic nitrogens is 1. The number of fused-ring (bicyclic) bond motifs is 4. The number of rotatable bonds is 5. The van der Waals surface area contributed by atoms with Crippen LogP contribution in [0.2, 0.25) is 0 Å². The lowest BCUT2D eigenvalue weighted by atomic mass is 9.63. The number of hydrogen-bond acceptors (Lipinski definition) is 4. The van der Waals surface area contributed by atoms with Crippen molar-refractivity contribution in [1.82, 2.24) is 4.98 Å². The van der Waals surface area contributed by atoms with Gasteiger partial charge in [0.05, 0.1) is 24.1 Å². The molecule has 0 unspecified atom stereocenters. The molecule has 2 bridgehead atoms. The highest BCUT2D eigenvalue weighted by molar-refractivity contribution is 5.93. The van der Waals surface area contributed by atoms with Crippen LogP contribution in [0.15, 0.2) is 51.7 Å². The topological polar surface area (TPSA) is 84.3 Å². The maximum absolute atomic E-state index is 13.2. The first-order chi connectivity index (χ1) is 14.4. The summed E-state index contributed by atoms with van der Waals surface area (Å²) in [6.45, 7) is 0.623. The molecule has 2 N–H and O–H groups in total. The van der Waals surface area contributed by atoms with Crippen LogP contribution < -0.4 is 11.1 Å². The molecule has 2 aromatic carbocycles. The maximum atomic E-state index is 13.2. The summed E-state index contributed by atoms with van der Waals surface area (Å²) in [7, 11) is 0. The molecule has 6 rings (SSSR count). The van der Waals surface area contributed by atoms with E-state index in [2.05, 4.69) is 10.3 Å². The maximum Gasteiger partial charge on any atom is 0.417 e. The fourth-order valence-corrected chi connectivity index (χ4v) is 4.84. The van der Waals surface area contributed by atoms with Crippen LogP contribution in [0.4, 0.5) is 10.1 Å². The van der Waals surface area contributed by atoms with Crippen LogP contribution >= 0.6 is 0 Å². The smallest absolute Gasteiger partial charge is 0.408 e. The quantitative estimate of drug-likeness (QED) is 0.662. The zero-order chi connectivity index (χ0) is 20.8. The number of nitrogens with one attached hydrogen (secondary N) is 2. The van der Waals surface area contributed by atoms with Gasteiger partial charge < -0.3 is 14.5 Å². The molecule has 3 heterocycles. The van der Waals surface area contributed by atoms with Crippen LogP contribution in [-0.4, -0.2) is 23.1 Å². The number of aromatic amines is 1. The van der Waals surface area contributed by atoms with Crippen molar-refractivity contribution in [3.8, 4) is 0 Å². The minimum Gasteiger partial charge on any atom is -0.408 e. The average Bonchev–Trinajstić information content (AvgIpc) is 3.10. The first-order valence-corrected chi connectivity index (χ1v) is 10.2. The Balaban J connectivity index is 1.21. The van der Waals surface area contributed by atoms with Crippen molar-refractivity contribution in [2.45, 2.75) is 44.1 Å². The van der Waals surface area contributed by atoms with E-state index in [4.69, 9.17) is 9.15 Å². The van der Waals surface area contributed by atoms with Gasteiger partial charge in [0.15, 0.2) is 5.58 Å². The third kappa shape index (κ3) is 3.65. The Labute approximate surface area is 172 Å². The lowest BCUT2D eigenvalue weighted by Crippen LogP contribution is -2.53. The molecule has 156 valence electrons. The van der Waals surface area contributed by atoms with Crippen LogP contribution in [-0.2, 0) is 16.0 Å². The Bertz CT molecular complexity index is 1120. The van der Waals surface area contributed by atoms with E-state index in [1.54, 1.807) is 18.2 Å². The number of oxazole rings is 1. The summed E-state index contributed by atoms with van der Waals surface area (Å²) in [5.74, 6) is -0.850. The van der Waals surface area contributed by atoms with E-state index in [9.17, 15) is 14.0 Å². The third-order valence-electron chi connectivity index (χ3n) is 6.59. The lowest BCUT2D eigenvalue weighted by molar-refractivity contribution is -0.187. The SMILES string of the molecule is O=C(CC12CCC(Cc3ccc(F)cc3)(CC1)CO2)Nc1ccc2[nH]c(=O)oc2c1. The molecule has 3 aliphatic rings. The first kappa shape index (κ1) is 19.1. The third-order valence-corrected chi connectivity index (χ3v) is 6.59. The van der Waals surface area contributed by atoms with E-state index in [-0.39, 0.29) is 17.1 Å². The van der Waals surface area contributed by atoms with E-state index < -0.39 is 11.4 Å². The van der Waals surface area contributed by atoms with E-state index in [1.165, 1.54) is 12.1 Å². The molecule has 2 aliphatic heterocycles. The van der Waals surface area contributed by atoms with E-state index >= 15 is 0 Å². The van der Waals surface area contributed by atoms with Crippen LogP contribution in [0.5, 0.6) is 0 Å². The Morgan fingerprint density at radius 2 is 1.87 bits per heavy atom. The fourth-order valence-electron chi connectivity index (χ4n) is 4.84. The van der Waals surface area contributed by atoms with Crippen LogP contribution in [0, 0.1) is 11.2 Å². The number of hydrogen-bond donors (Lipinski definition) is 2. The zero-order valence-electron chi connectivity index (χ0n) is 16.5. The summed E-state index contributed by atoms with van der Waals surface area (Å²) in [4.78, 5) is 26.5. The van der Waals surface area contributed by atoms with Gasteiger partial charge in [0.2, 0.25) is 5.91 Å². The number of anilines is 1. The summed E-state index contributed by atoms with van der Waals surface area (Å²) in [6.07, 6.45) is 4.85. The van der Waals surface area contributed by atoms with Gasteiger partial charge in [-0.2, -0.15) is 0 Å². The van der Waals surface area contributed by atoms with Gasteiger partial charge >= 0.3 is 5.76 Å². The second-order valence-corrected chi connectivity index (χ2v) is 8.73. The summed E-state index contributed by atoms with van der Waals surface area (Å²) in [5.41, 5.74) is 2.37. The van der Waals surface area contributed by atoms with Crippen molar-refractivity contribution in [2.24, 2.45) is 5.41 Å². The molecule has 3 aromatic rings. The normalized spacial score (nSPS) is 25.5. The van der Waals surface area contributed by atoms with Gasteiger partial charge in [-0.3, -0.25) is 9.78 Å². The van der Waals surface area contributed by atoms with Crippen molar-refractivity contribution in [2.75, 3.05) is 11.9 Å². The molecule has 1 aromatic heterocycles. The van der Waals surface area contributed by atoms with Gasteiger partial charge in [-0.1, -0.05) is 12.1 Å². The molecule has 6 nitrogen and oxygen atoms in total. The van der Waals surface area contributed by atoms with Gasteiger partial charge in [0, 0.05) is 11.8 Å². The molecule has 7 heteroatoms. The van der Waals surface area contributed by atoms with Crippen LogP contribution in [0.3, 0.4) is 0 Å². The Kier molecular flexibility index (Phi) is 4.50. The minimum atomic E-state index is -0.519. The van der Waals surface area contributed by atoms with Crippen molar-refractivity contribution in [3.05, 3.63) is 64.4 Å². The number of ether oxygens (including phenoxy) is 1. The molecule has 30 heavy (non-hydrogen) atoms. The molecule has 0 spiro atoms. The number of carbonyl (C=O) groups excluding carboxylic acids is 1. The number of halogens is 1. The van der Waals surface area contributed by atoms with Gasteiger partial charge in [0.1, 0.15) is 5.82 Å². The Morgan fingerprint density at radius 3 is 2.57 bits per heavy atom. The van der Waals surface area contributed by atoms with Gasteiger partial charge in [-0.15, -0.1) is 0 Å². The first-order valence-electron chi connectivity index (χ1n) is 10.2. The van der Waals surface area contributed by atoms with E-state index in [1.807, 2.05) is 12.1 Å². The average molecular weight is 410 g/mol. The van der Waals surface area contributed by atoms with Crippen LogP contribution in [0.1, 0.15) is 37.7 Å². The summed E-state index contributed by atoms with van der Waals surface area (Å²) < 4.78 is 24.5. The second kappa shape index (κ2) is 7.09. The predicted octanol–water partition coefficient (Wildman–Crippen LogP) is 4.16. The monoisotopic (exact) mass is 410 g/mol. The standard InChI is InChI=1S/C23H23FN2O4/c24-16-3-1-15(2-4-16)12-22-7-9-23(10-8-22,29-14-22)13-20(27)25-17-5-6-18-19(11-17)30-21(28)26-18/h1-6,11H,7-10,12-14H2,(H,25,27)(H,26,28). The second-order valence-electron chi connectivity index (χ2n) is 8.73. The number of H-pyrrole nitrogens is 1. The lowest BCUT2D eigenvalue weighted by Gasteiger charge is -2.53. The van der Waals surface area contributed by atoms with E-state index in [0.29, 0.717) is 29.8 Å². The van der Waals surface area contributed by atoms with Crippen molar-refractivity contribution in [1.29, 1.82) is 0 Å². The highest BCUT2D eigenvalue weighted by atomic mass is 19.1. The molecule has 0 radical (unpaired) electrons. The van der Waals surface area contributed by atoms with Gasteiger partial charge in [0.25, 0.3) is 0 Å². The Morgan fingerprint density at radius 1 is 1.10 bits per heavy atom.